The van der Waals surface area contributed by atoms with Crippen LogP contribution >= 0.6 is 27.7 Å². The fourth-order valence-electron chi connectivity index (χ4n) is 3.72. The Kier molecular flexibility index (Phi) is 10.7. The Labute approximate surface area is 256 Å². The SMILES string of the molecule is CC(=O)Nc1ccc(NC(=O)CSc2cccc(NC(=O)/C(=C/c3ccc(Br)cc3)NC(=O)c3ccccc3)c2)cc1. The average molecular weight is 644 g/mol. The molecule has 0 unspecified atom stereocenters. The highest BCUT2D eigenvalue weighted by Gasteiger charge is 2.15. The molecule has 0 aliphatic heterocycles. The van der Waals surface area contributed by atoms with Gasteiger partial charge in [0.15, 0.2) is 0 Å². The van der Waals surface area contributed by atoms with E-state index in [9.17, 15) is 19.2 Å². The molecular weight excluding hydrogens is 616 g/mol. The summed E-state index contributed by atoms with van der Waals surface area (Å²) in [6, 6.07) is 29.9. The van der Waals surface area contributed by atoms with Crippen molar-refractivity contribution in [2.45, 2.75) is 11.8 Å². The Hall–Kier alpha value is -4.67. The minimum Gasteiger partial charge on any atom is -0.326 e. The Balaban J connectivity index is 1.40. The van der Waals surface area contributed by atoms with Crippen LogP contribution in [0.1, 0.15) is 22.8 Å². The molecule has 4 aromatic carbocycles. The van der Waals surface area contributed by atoms with Gasteiger partial charge in [-0.25, -0.2) is 0 Å². The van der Waals surface area contributed by atoms with Crippen molar-refractivity contribution in [2.24, 2.45) is 0 Å². The molecule has 4 N–H and O–H groups in total. The normalized spacial score (nSPS) is 10.9. The van der Waals surface area contributed by atoms with Crippen molar-refractivity contribution < 1.29 is 19.2 Å². The third kappa shape index (κ3) is 9.46. The summed E-state index contributed by atoms with van der Waals surface area (Å²) in [4.78, 5) is 50.6. The standard InChI is InChI=1S/C32H27BrN4O4S/c1-21(38)34-25-14-16-26(17-15-25)35-30(39)20-42-28-9-5-8-27(19-28)36-32(41)29(18-22-10-12-24(33)13-11-22)37-31(40)23-6-3-2-4-7-23/h2-19H,20H2,1H3,(H,34,38)(H,35,39)(H,36,41)(H,37,40)/b29-18-. The van der Waals surface area contributed by atoms with Crippen molar-refractivity contribution in [3.05, 3.63) is 124 Å². The second kappa shape index (κ2) is 14.8. The van der Waals surface area contributed by atoms with E-state index in [1.54, 1.807) is 72.8 Å². The first-order valence-corrected chi connectivity index (χ1v) is 14.6. The molecule has 0 aliphatic carbocycles. The second-order valence-electron chi connectivity index (χ2n) is 9.01. The van der Waals surface area contributed by atoms with Gasteiger partial charge < -0.3 is 21.3 Å². The Morgan fingerprint density at radius 3 is 2.07 bits per heavy atom. The smallest absolute Gasteiger partial charge is 0.272 e. The van der Waals surface area contributed by atoms with E-state index >= 15 is 0 Å². The quantitative estimate of drug-likeness (QED) is 0.116. The molecule has 4 aromatic rings. The van der Waals surface area contributed by atoms with Crippen LogP contribution < -0.4 is 21.3 Å². The predicted molar refractivity (Wildman–Crippen MR) is 171 cm³/mol. The Bertz CT molecular complexity index is 1610. The number of nitrogens with one attached hydrogen (secondary N) is 4. The first-order chi connectivity index (χ1) is 20.2. The molecule has 4 rings (SSSR count). The van der Waals surface area contributed by atoms with Crippen molar-refractivity contribution in [3.8, 4) is 0 Å². The van der Waals surface area contributed by atoms with Crippen LogP contribution in [0.2, 0.25) is 0 Å². The summed E-state index contributed by atoms with van der Waals surface area (Å²) in [7, 11) is 0. The molecule has 0 radical (unpaired) electrons. The maximum absolute atomic E-state index is 13.3. The van der Waals surface area contributed by atoms with E-state index in [1.807, 2.05) is 36.4 Å². The monoisotopic (exact) mass is 642 g/mol. The maximum Gasteiger partial charge on any atom is 0.272 e. The molecule has 0 heterocycles. The lowest BCUT2D eigenvalue weighted by atomic mass is 10.1. The fourth-order valence-corrected chi connectivity index (χ4v) is 4.74. The van der Waals surface area contributed by atoms with Gasteiger partial charge in [-0.3, -0.25) is 19.2 Å². The van der Waals surface area contributed by atoms with Gasteiger partial charge in [-0.2, -0.15) is 0 Å². The maximum atomic E-state index is 13.3. The highest BCUT2D eigenvalue weighted by Crippen LogP contribution is 2.23. The number of thioether (sulfide) groups is 1. The molecule has 0 aromatic heterocycles. The lowest BCUT2D eigenvalue weighted by Crippen LogP contribution is -2.30. The van der Waals surface area contributed by atoms with Crippen molar-refractivity contribution in [2.75, 3.05) is 21.7 Å². The van der Waals surface area contributed by atoms with Crippen LogP contribution in [-0.4, -0.2) is 29.4 Å². The van der Waals surface area contributed by atoms with Gasteiger partial charge >= 0.3 is 0 Å². The summed E-state index contributed by atoms with van der Waals surface area (Å²) >= 11 is 4.71. The van der Waals surface area contributed by atoms with E-state index in [2.05, 4.69) is 37.2 Å². The van der Waals surface area contributed by atoms with Gasteiger partial charge in [0.05, 0.1) is 5.75 Å². The Morgan fingerprint density at radius 2 is 1.40 bits per heavy atom. The van der Waals surface area contributed by atoms with E-state index in [-0.39, 0.29) is 23.3 Å². The van der Waals surface area contributed by atoms with Gasteiger partial charge in [0, 0.05) is 38.9 Å². The number of carbonyl (C=O) groups excluding carboxylic acids is 4. The molecule has 0 saturated carbocycles. The van der Waals surface area contributed by atoms with Crippen molar-refractivity contribution in [3.63, 3.8) is 0 Å². The molecule has 0 atom stereocenters. The zero-order chi connectivity index (χ0) is 29.9. The third-order valence-electron chi connectivity index (χ3n) is 5.66. The summed E-state index contributed by atoms with van der Waals surface area (Å²) in [5.41, 5.74) is 2.99. The van der Waals surface area contributed by atoms with E-state index in [4.69, 9.17) is 0 Å². The molecule has 0 fully saturated rings. The minimum absolute atomic E-state index is 0.0770. The molecule has 0 saturated heterocycles. The number of rotatable bonds is 10. The molecule has 0 spiro atoms. The fraction of sp³-hybridized carbons (Fsp3) is 0.0625. The second-order valence-corrected chi connectivity index (χ2v) is 11.0. The van der Waals surface area contributed by atoms with Gasteiger partial charge in [0.1, 0.15) is 5.70 Å². The molecule has 0 aliphatic rings. The summed E-state index contributed by atoms with van der Waals surface area (Å²) < 4.78 is 0.891. The van der Waals surface area contributed by atoms with Crippen LogP contribution in [0.3, 0.4) is 0 Å². The van der Waals surface area contributed by atoms with Gasteiger partial charge in [0.25, 0.3) is 11.8 Å². The van der Waals surface area contributed by atoms with Crippen LogP contribution in [0.15, 0.2) is 118 Å². The molecule has 42 heavy (non-hydrogen) atoms. The van der Waals surface area contributed by atoms with E-state index < -0.39 is 11.8 Å². The van der Waals surface area contributed by atoms with E-state index in [0.29, 0.717) is 22.6 Å². The molecule has 8 nitrogen and oxygen atoms in total. The molecule has 212 valence electrons. The number of amides is 4. The third-order valence-corrected chi connectivity index (χ3v) is 7.18. The summed E-state index contributed by atoms with van der Waals surface area (Å²) in [5.74, 6) is -1.13. The van der Waals surface area contributed by atoms with Gasteiger partial charge in [-0.1, -0.05) is 52.3 Å². The first kappa shape index (κ1) is 30.3. The zero-order valence-electron chi connectivity index (χ0n) is 22.5. The minimum atomic E-state index is -0.496. The van der Waals surface area contributed by atoms with Crippen molar-refractivity contribution >= 4 is 74.5 Å². The predicted octanol–water partition coefficient (Wildman–Crippen LogP) is 6.55. The molecule has 0 bridgehead atoms. The first-order valence-electron chi connectivity index (χ1n) is 12.8. The highest BCUT2D eigenvalue weighted by molar-refractivity contribution is 9.10. The van der Waals surface area contributed by atoms with Crippen LogP contribution in [-0.2, 0) is 14.4 Å². The molecule has 10 heteroatoms. The zero-order valence-corrected chi connectivity index (χ0v) is 24.9. The van der Waals surface area contributed by atoms with Crippen molar-refractivity contribution in [1.29, 1.82) is 0 Å². The number of benzene rings is 4. The van der Waals surface area contributed by atoms with Crippen LogP contribution in [0.25, 0.3) is 6.08 Å². The van der Waals surface area contributed by atoms with Crippen LogP contribution in [0, 0.1) is 0 Å². The molecular formula is C32H27BrN4O4S. The number of hydrogen-bond donors (Lipinski definition) is 4. The highest BCUT2D eigenvalue weighted by atomic mass is 79.9. The van der Waals surface area contributed by atoms with Crippen molar-refractivity contribution in [1.82, 2.24) is 5.32 Å². The Morgan fingerprint density at radius 1 is 0.738 bits per heavy atom. The number of halogens is 1. The van der Waals surface area contributed by atoms with Gasteiger partial charge in [-0.15, -0.1) is 11.8 Å². The lowest BCUT2D eigenvalue weighted by molar-refractivity contribution is -0.114. The molecule has 4 amide bonds. The number of anilines is 3. The van der Waals surface area contributed by atoms with Crippen LogP contribution in [0.5, 0.6) is 0 Å². The van der Waals surface area contributed by atoms with Gasteiger partial charge in [-0.05, 0) is 78.4 Å². The summed E-state index contributed by atoms with van der Waals surface area (Å²) in [6.07, 6.45) is 1.61. The van der Waals surface area contributed by atoms with Gasteiger partial charge in [0.2, 0.25) is 11.8 Å². The largest absolute Gasteiger partial charge is 0.326 e. The number of hydrogen-bond acceptors (Lipinski definition) is 5. The topological polar surface area (TPSA) is 116 Å². The van der Waals surface area contributed by atoms with E-state index in [1.165, 1.54) is 18.7 Å². The van der Waals surface area contributed by atoms with Crippen LogP contribution in [0.4, 0.5) is 17.1 Å². The summed E-state index contributed by atoms with van der Waals surface area (Å²) in [6.45, 7) is 1.43. The van der Waals surface area contributed by atoms with E-state index in [0.717, 1.165) is 14.9 Å². The lowest BCUT2D eigenvalue weighted by Gasteiger charge is -2.12. The summed E-state index contributed by atoms with van der Waals surface area (Å²) in [5, 5.41) is 11.1. The number of carbonyl (C=O) groups is 4. The average Bonchev–Trinajstić information content (AvgIpc) is 2.98.